The molecular formula is C36H31NO6. The molecule has 6 rings (SSSR count). The Bertz CT molecular complexity index is 1590. The smallest absolute Gasteiger partial charge is 0.259 e. The number of benzene rings is 5. The molecule has 0 spiro atoms. The van der Waals surface area contributed by atoms with E-state index in [-0.39, 0.29) is 32.5 Å². The van der Waals surface area contributed by atoms with Crippen LogP contribution in [-0.2, 0) is 26.4 Å². The summed E-state index contributed by atoms with van der Waals surface area (Å²) in [6.07, 6.45) is 0. The quantitative estimate of drug-likeness (QED) is 0.172. The van der Waals surface area contributed by atoms with Crippen molar-refractivity contribution in [3.8, 4) is 28.7 Å². The summed E-state index contributed by atoms with van der Waals surface area (Å²) < 4.78 is 29.6. The zero-order chi connectivity index (χ0) is 29.3. The van der Waals surface area contributed by atoms with Crippen molar-refractivity contribution >= 4 is 5.91 Å². The van der Waals surface area contributed by atoms with E-state index in [2.05, 4.69) is 5.32 Å². The summed E-state index contributed by atoms with van der Waals surface area (Å²) in [6.45, 7) is 1.35. The van der Waals surface area contributed by atoms with E-state index in [9.17, 15) is 4.79 Å². The van der Waals surface area contributed by atoms with Gasteiger partial charge in [0, 0.05) is 18.7 Å². The van der Waals surface area contributed by atoms with Gasteiger partial charge in [0.2, 0.25) is 6.79 Å². The highest BCUT2D eigenvalue weighted by Gasteiger charge is 2.23. The zero-order valence-electron chi connectivity index (χ0n) is 23.5. The highest BCUT2D eigenvalue weighted by molar-refractivity contribution is 6.00. The van der Waals surface area contributed by atoms with Crippen LogP contribution >= 0.6 is 0 Å². The molecule has 0 saturated carbocycles. The van der Waals surface area contributed by atoms with Crippen molar-refractivity contribution in [2.45, 2.75) is 26.4 Å². The molecule has 0 radical (unpaired) electrons. The Kier molecular flexibility index (Phi) is 8.70. The van der Waals surface area contributed by atoms with Gasteiger partial charge in [-0.05, 0) is 34.4 Å². The number of nitrogens with one attached hydrogen (secondary N) is 1. The first-order chi connectivity index (χ1) is 21.2. The van der Waals surface area contributed by atoms with E-state index in [4.69, 9.17) is 23.7 Å². The Morgan fingerprint density at radius 1 is 0.581 bits per heavy atom. The Balaban J connectivity index is 1.30. The molecule has 1 aliphatic heterocycles. The van der Waals surface area contributed by atoms with Crippen LogP contribution in [0.3, 0.4) is 0 Å². The number of amides is 1. The van der Waals surface area contributed by atoms with Crippen LogP contribution in [0.2, 0.25) is 0 Å². The molecule has 1 N–H and O–H groups in total. The molecule has 0 unspecified atom stereocenters. The van der Waals surface area contributed by atoms with Crippen LogP contribution in [0, 0.1) is 0 Å². The van der Waals surface area contributed by atoms with Crippen molar-refractivity contribution in [2.75, 3.05) is 6.79 Å². The summed E-state index contributed by atoms with van der Waals surface area (Å²) in [6, 6.07) is 38.6. The first-order valence-electron chi connectivity index (χ1n) is 14.1. The lowest BCUT2D eigenvalue weighted by atomic mass is 10.1. The summed E-state index contributed by atoms with van der Waals surface area (Å²) in [5.74, 6) is 2.27. The molecule has 5 aromatic carbocycles. The van der Waals surface area contributed by atoms with Crippen LogP contribution in [0.5, 0.6) is 28.7 Å². The van der Waals surface area contributed by atoms with Crippen LogP contribution in [0.1, 0.15) is 32.6 Å². The highest BCUT2D eigenvalue weighted by atomic mass is 16.7. The SMILES string of the molecule is O=C(NCc1ccc2c(c1)OCO2)c1c(OCc2ccccc2)cc(OCc2ccccc2)cc1OCc1ccccc1. The number of carbonyl (C=O) groups excluding carboxylic acids is 1. The van der Waals surface area contributed by atoms with Crippen LogP contribution in [0.15, 0.2) is 121 Å². The third-order valence-electron chi connectivity index (χ3n) is 6.88. The molecule has 0 fully saturated rings. The number of hydrogen-bond donors (Lipinski definition) is 1. The highest BCUT2D eigenvalue weighted by Crippen LogP contribution is 2.36. The maximum atomic E-state index is 13.8. The van der Waals surface area contributed by atoms with Gasteiger partial charge in [-0.1, -0.05) is 97.1 Å². The molecule has 1 amide bonds. The van der Waals surface area contributed by atoms with Crippen LogP contribution in [0.25, 0.3) is 0 Å². The van der Waals surface area contributed by atoms with Gasteiger partial charge in [-0.3, -0.25) is 4.79 Å². The average molecular weight is 574 g/mol. The van der Waals surface area contributed by atoms with Crippen molar-refractivity contribution in [3.63, 3.8) is 0 Å². The fourth-order valence-electron chi connectivity index (χ4n) is 4.63. The lowest BCUT2D eigenvalue weighted by Crippen LogP contribution is -2.24. The van der Waals surface area contributed by atoms with Gasteiger partial charge >= 0.3 is 0 Å². The Hall–Kier alpha value is -5.43. The van der Waals surface area contributed by atoms with Crippen molar-refractivity contribution < 1.29 is 28.5 Å². The standard InChI is InChI=1S/C36H31NO6/c38-36(37-21-29-16-17-31-32(18-29)43-25-42-31)35-33(40-23-27-12-6-2-7-13-27)19-30(39-22-26-10-4-1-5-11-26)20-34(35)41-24-28-14-8-3-9-15-28/h1-20H,21-25H2,(H,37,38). The number of rotatable bonds is 12. The Morgan fingerprint density at radius 3 is 1.65 bits per heavy atom. The zero-order valence-corrected chi connectivity index (χ0v) is 23.5. The number of ether oxygens (including phenoxy) is 5. The molecule has 0 aliphatic carbocycles. The molecule has 7 nitrogen and oxygen atoms in total. The first-order valence-corrected chi connectivity index (χ1v) is 14.1. The second-order valence-corrected chi connectivity index (χ2v) is 9.99. The summed E-state index contributed by atoms with van der Waals surface area (Å²) >= 11 is 0. The summed E-state index contributed by atoms with van der Waals surface area (Å²) in [7, 11) is 0. The molecule has 5 aromatic rings. The van der Waals surface area contributed by atoms with Gasteiger partial charge < -0.3 is 29.0 Å². The fourth-order valence-corrected chi connectivity index (χ4v) is 4.63. The van der Waals surface area contributed by atoms with Gasteiger partial charge in [0.05, 0.1) is 0 Å². The topological polar surface area (TPSA) is 75.3 Å². The Labute approximate surface area is 250 Å². The maximum absolute atomic E-state index is 13.8. The van der Waals surface area contributed by atoms with Crippen LogP contribution in [-0.4, -0.2) is 12.7 Å². The molecular weight excluding hydrogens is 542 g/mol. The third kappa shape index (κ3) is 7.26. The van der Waals surface area contributed by atoms with Crippen molar-refractivity contribution in [2.24, 2.45) is 0 Å². The van der Waals surface area contributed by atoms with Gasteiger partial charge in [-0.2, -0.15) is 0 Å². The van der Waals surface area contributed by atoms with Gasteiger partial charge in [-0.25, -0.2) is 0 Å². The van der Waals surface area contributed by atoms with Gasteiger partial charge in [-0.15, -0.1) is 0 Å². The minimum atomic E-state index is -0.335. The van der Waals surface area contributed by atoms with Crippen LogP contribution < -0.4 is 29.0 Å². The van der Waals surface area contributed by atoms with E-state index in [1.807, 2.05) is 109 Å². The molecule has 7 heteroatoms. The molecule has 1 aliphatic rings. The molecule has 216 valence electrons. The van der Waals surface area contributed by atoms with E-state index in [0.29, 0.717) is 40.9 Å². The van der Waals surface area contributed by atoms with Crippen molar-refractivity contribution in [1.82, 2.24) is 5.32 Å². The van der Waals surface area contributed by atoms with Crippen molar-refractivity contribution in [1.29, 1.82) is 0 Å². The number of hydrogen-bond acceptors (Lipinski definition) is 6. The molecule has 1 heterocycles. The number of carbonyl (C=O) groups is 1. The van der Waals surface area contributed by atoms with E-state index in [1.165, 1.54) is 0 Å². The predicted molar refractivity (Wildman–Crippen MR) is 162 cm³/mol. The summed E-state index contributed by atoms with van der Waals surface area (Å²) in [5, 5.41) is 3.02. The van der Waals surface area contributed by atoms with Crippen molar-refractivity contribution in [3.05, 3.63) is 149 Å². The predicted octanol–water partition coefficient (Wildman–Crippen LogP) is 7.08. The summed E-state index contributed by atoms with van der Waals surface area (Å²) in [5.41, 5.74) is 4.12. The lowest BCUT2D eigenvalue weighted by molar-refractivity contribution is 0.0941. The number of fused-ring (bicyclic) bond motifs is 1. The summed E-state index contributed by atoms with van der Waals surface area (Å²) in [4.78, 5) is 13.8. The third-order valence-corrected chi connectivity index (χ3v) is 6.88. The first kappa shape index (κ1) is 27.7. The molecule has 0 saturated heterocycles. The largest absolute Gasteiger partial charge is 0.489 e. The minimum Gasteiger partial charge on any atom is -0.489 e. The molecule has 0 bridgehead atoms. The minimum absolute atomic E-state index is 0.189. The van der Waals surface area contributed by atoms with E-state index in [1.54, 1.807) is 12.1 Å². The van der Waals surface area contributed by atoms with E-state index in [0.717, 1.165) is 22.3 Å². The normalized spacial score (nSPS) is 11.5. The van der Waals surface area contributed by atoms with E-state index < -0.39 is 0 Å². The second kappa shape index (κ2) is 13.5. The van der Waals surface area contributed by atoms with Gasteiger partial charge in [0.1, 0.15) is 42.6 Å². The van der Waals surface area contributed by atoms with Crippen LogP contribution in [0.4, 0.5) is 0 Å². The molecule has 0 aromatic heterocycles. The van der Waals surface area contributed by atoms with E-state index >= 15 is 0 Å². The fraction of sp³-hybridized carbons (Fsp3) is 0.139. The van der Waals surface area contributed by atoms with Gasteiger partial charge in [0.15, 0.2) is 11.5 Å². The molecule has 0 atom stereocenters. The average Bonchev–Trinajstić information content (AvgIpc) is 3.54. The lowest BCUT2D eigenvalue weighted by Gasteiger charge is -2.19. The molecule has 43 heavy (non-hydrogen) atoms. The Morgan fingerprint density at radius 2 is 1.09 bits per heavy atom. The second-order valence-electron chi connectivity index (χ2n) is 9.99. The maximum Gasteiger partial charge on any atom is 0.259 e. The van der Waals surface area contributed by atoms with Gasteiger partial charge in [0.25, 0.3) is 5.91 Å². The monoisotopic (exact) mass is 573 g/mol.